The zero-order valence-corrected chi connectivity index (χ0v) is 10.9. The average Bonchev–Trinajstić information content (AvgIpc) is 2.44. The lowest BCUT2D eigenvalue weighted by Crippen LogP contribution is -2.53. The first-order valence-electron chi connectivity index (χ1n) is 7.12. The number of ketones is 1. The molecule has 2 nitrogen and oxygen atoms in total. The van der Waals surface area contributed by atoms with Gasteiger partial charge in [-0.3, -0.25) is 4.79 Å². The van der Waals surface area contributed by atoms with E-state index in [1.807, 2.05) is 6.07 Å². The third-order valence-corrected chi connectivity index (χ3v) is 4.63. The summed E-state index contributed by atoms with van der Waals surface area (Å²) < 4.78 is 0. The highest BCUT2D eigenvalue weighted by Crippen LogP contribution is 2.37. The molecule has 1 aromatic rings. The highest BCUT2D eigenvalue weighted by Gasteiger charge is 2.42. The molecule has 0 aromatic heterocycles. The lowest BCUT2D eigenvalue weighted by Gasteiger charge is -2.43. The quantitative estimate of drug-likeness (QED) is 0.821. The molecular formula is C16H21NO. The van der Waals surface area contributed by atoms with Gasteiger partial charge in [0.25, 0.3) is 0 Å². The van der Waals surface area contributed by atoms with Gasteiger partial charge in [0.05, 0.1) is 0 Å². The molecule has 2 heteroatoms. The van der Waals surface area contributed by atoms with Crippen LogP contribution < -0.4 is 5.32 Å². The van der Waals surface area contributed by atoms with E-state index in [4.69, 9.17) is 0 Å². The van der Waals surface area contributed by atoms with Crippen LogP contribution in [0.1, 0.15) is 44.2 Å². The number of benzene rings is 1. The Bertz CT molecular complexity index is 428. The van der Waals surface area contributed by atoms with Crippen LogP contribution in [-0.2, 0) is 4.79 Å². The Kier molecular flexibility index (Phi) is 3.21. The van der Waals surface area contributed by atoms with E-state index in [2.05, 4.69) is 36.5 Å². The van der Waals surface area contributed by atoms with Crippen molar-refractivity contribution in [1.29, 1.82) is 0 Å². The summed E-state index contributed by atoms with van der Waals surface area (Å²) in [7, 11) is 0. The Morgan fingerprint density at radius 3 is 2.61 bits per heavy atom. The van der Waals surface area contributed by atoms with Crippen LogP contribution in [0.5, 0.6) is 0 Å². The van der Waals surface area contributed by atoms with Crippen LogP contribution in [0.25, 0.3) is 0 Å². The van der Waals surface area contributed by atoms with Crippen LogP contribution in [-0.4, -0.2) is 11.8 Å². The fraction of sp³-hybridized carbons (Fsp3) is 0.562. The van der Waals surface area contributed by atoms with Crippen molar-refractivity contribution in [2.75, 3.05) is 0 Å². The molecule has 96 valence electrons. The SMILES string of the molecule is C[C@H]1C(=O)[C@H]2CCCC[C@@H]2N[C@@H]1c1ccccc1. The van der Waals surface area contributed by atoms with Crippen molar-refractivity contribution in [3.63, 3.8) is 0 Å². The summed E-state index contributed by atoms with van der Waals surface area (Å²) in [6, 6.07) is 11.0. The number of carbonyl (C=O) groups is 1. The van der Waals surface area contributed by atoms with Gasteiger partial charge in [-0.15, -0.1) is 0 Å². The third kappa shape index (κ3) is 1.99. The van der Waals surface area contributed by atoms with E-state index >= 15 is 0 Å². The molecule has 3 rings (SSSR count). The number of nitrogens with one attached hydrogen (secondary N) is 1. The first kappa shape index (κ1) is 11.9. The van der Waals surface area contributed by atoms with Gasteiger partial charge in [-0.25, -0.2) is 0 Å². The molecule has 0 bridgehead atoms. The summed E-state index contributed by atoms with van der Waals surface area (Å²) in [5, 5.41) is 3.73. The molecule has 2 fully saturated rings. The van der Waals surface area contributed by atoms with E-state index in [-0.39, 0.29) is 17.9 Å². The van der Waals surface area contributed by atoms with Crippen LogP contribution in [0.4, 0.5) is 0 Å². The maximum Gasteiger partial charge on any atom is 0.142 e. The number of piperidine rings is 1. The maximum atomic E-state index is 12.5. The lowest BCUT2D eigenvalue weighted by atomic mass is 9.72. The topological polar surface area (TPSA) is 29.1 Å². The van der Waals surface area contributed by atoms with Crippen molar-refractivity contribution in [2.24, 2.45) is 11.8 Å². The highest BCUT2D eigenvalue weighted by molar-refractivity contribution is 5.85. The second-order valence-corrected chi connectivity index (χ2v) is 5.74. The molecule has 0 radical (unpaired) electrons. The first-order chi connectivity index (χ1) is 8.77. The molecular weight excluding hydrogens is 222 g/mol. The molecule has 1 saturated carbocycles. The van der Waals surface area contributed by atoms with Gasteiger partial charge in [0, 0.05) is 23.9 Å². The Morgan fingerprint density at radius 1 is 1.11 bits per heavy atom. The van der Waals surface area contributed by atoms with Crippen LogP contribution in [0.3, 0.4) is 0 Å². The number of hydrogen-bond acceptors (Lipinski definition) is 2. The van der Waals surface area contributed by atoms with Crippen LogP contribution in [0, 0.1) is 11.8 Å². The van der Waals surface area contributed by atoms with E-state index in [1.54, 1.807) is 0 Å². The summed E-state index contributed by atoms with van der Waals surface area (Å²) in [6.07, 6.45) is 4.73. The van der Waals surface area contributed by atoms with Gasteiger partial charge in [0.1, 0.15) is 5.78 Å². The van der Waals surface area contributed by atoms with E-state index in [1.165, 1.54) is 18.4 Å². The largest absolute Gasteiger partial charge is 0.306 e. The smallest absolute Gasteiger partial charge is 0.142 e. The minimum absolute atomic E-state index is 0.103. The number of Topliss-reactive ketones (excluding diaryl/α,β-unsaturated/α-hetero) is 1. The first-order valence-corrected chi connectivity index (χ1v) is 7.12. The van der Waals surface area contributed by atoms with Gasteiger partial charge in [-0.1, -0.05) is 50.1 Å². The number of carbonyl (C=O) groups excluding carboxylic acids is 1. The number of fused-ring (bicyclic) bond motifs is 1. The molecule has 2 aliphatic rings. The van der Waals surface area contributed by atoms with E-state index in [0.29, 0.717) is 11.8 Å². The zero-order valence-electron chi connectivity index (χ0n) is 10.9. The molecule has 0 unspecified atom stereocenters. The summed E-state index contributed by atoms with van der Waals surface area (Å²) in [4.78, 5) is 12.5. The predicted molar refractivity (Wildman–Crippen MR) is 72.2 cm³/mol. The summed E-state index contributed by atoms with van der Waals surface area (Å²) in [5.74, 6) is 0.854. The minimum Gasteiger partial charge on any atom is -0.306 e. The highest BCUT2D eigenvalue weighted by atomic mass is 16.1. The monoisotopic (exact) mass is 243 g/mol. The van der Waals surface area contributed by atoms with Crippen LogP contribution >= 0.6 is 0 Å². The van der Waals surface area contributed by atoms with Gasteiger partial charge in [-0.05, 0) is 18.4 Å². The molecule has 1 aromatic carbocycles. The molecule has 18 heavy (non-hydrogen) atoms. The Balaban J connectivity index is 1.86. The molecule has 0 spiro atoms. The Morgan fingerprint density at radius 2 is 1.83 bits per heavy atom. The number of hydrogen-bond donors (Lipinski definition) is 1. The van der Waals surface area contributed by atoms with E-state index in [9.17, 15) is 4.79 Å². The van der Waals surface area contributed by atoms with Crippen molar-refractivity contribution in [2.45, 2.75) is 44.7 Å². The summed E-state index contributed by atoms with van der Waals surface area (Å²) in [5.41, 5.74) is 1.25. The minimum atomic E-state index is 0.103. The van der Waals surface area contributed by atoms with Gasteiger partial charge >= 0.3 is 0 Å². The van der Waals surface area contributed by atoms with Gasteiger partial charge in [0.2, 0.25) is 0 Å². The fourth-order valence-electron chi connectivity index (χ4n) is 3.59. The molecule has 1 saturated heterocycles. The van der Waals surface area contributed by atoms with Crippen molar-refractivity contribution >= 4 is 5.78 Å². The maximum absolute atomic E-state index is 12.5. The van der Waals surface area contributed by atoms with Crippen molar-refractivity contribution in [3.8, 4) is 0 Å². The van der Waals surface area contributed by atoms with Crippen molar-refractivity contribution < 1.29 is 4.79 Å². The molecule has 1 heterocycles. The molecule has 0 amide bonds. The molecule has 1 aliphatic carbocycles. The average molecular weight is 243 g/mol. The predicted octanol–water partition coefficient (Wildman–Crippen LogP) is 3.09. The fourth-order valence-corrected chi connectivity index (χ4v) is 3.59. The second-order valence-electron chi connectivity index (χ2n) is 5.74. The number of rotatable bonds is 1. The molecule has 1 N–H and O–H groups in total. The Labute approximate surface area is 109 Å². The van der Waals surface area contributed by atoms with E-state index in [0.717, 1.165) is 12.8 Å². The van der Waals surface area contributed by atoms with Gasteiger partial charge < -0.3 is 5.32 Å². The zero-order chi connectivity index (χ0) is 12.5. The lowest BCUT2D eigenvalue weighted by molar-refractivity contribution is -0.132. The molecule has 4 atom stereocenters. The van der Waals surface area contributed by atoms with E-state index < -0.39 is 0 Å². The van der Waals surface area contributed by atoms with Crippen molar-refractivity contribution in [1.82, 2.24) is 5.32 Å². The third-order valence-electron chi connectivity index (χ3n) is 4.63. The van der Waals surface area contributed by atoms with Gasteiger partial charge in [0.15, 0.2) is 0 Å². The van der Waals surface area contributed by atoms with Crippen LogP contribution in [0.2, 0.25) is 0 Å². The van der Waals surface area contributed by atoms with Crippen LogP contribution in [0.15, 0.2) is 30.3 Å². The second kappa shape index (κ2) is 4.85. The standard InChI is InChI=1S/C16H21NO/c1-11-15(12-7-3-2-4-8-12)17-14-10-6-5-9-13(14)16(11)18/h2-4,7-8,11,13-15,17H,5-6,9-10H2,1H3/t11-,13+,14+,15+/m1/s1. The molecule has 1 aliphatic heterocycles. The summed E-state index contributed by atoms with van der Waals surface area (Å²) >= 11 is 0. The Hall–Kier alpha value is -1.15. The normalized spacial score (nSPS) is 36.2. The van der Waals surface area contributed by atoms with Crippen molar-refractivity contribution in [3.05, 3.63) is 35.9 Å². The summed E-state index contributed by atoms with van der Waals surface area (Å²) in [6.45, 7) is 2.08. The van der Waals surface area contributed by atoms with Gasteiger partial charge in [-0.2, -0.15) is 0 Å².